The van der Waals surface area contributed by atoms with Crippen LogP contribution >= 0.6 is 0 Å². The summed E-state index contributed by atoms with van der Waals surface area (Å²) < 4.78 is 0. The molecule has 120 valence electrons. The number of hydrogen-bond donors (Lipinski definition) is 0. The molecule has 1 aromatic rings. The van der Waals surface area contributed by atoms with E-state index in [4.69, 9.17) is 4.98 Å². The van der Waals surface area contributed by atoms with E-state index in [2.05, 4.69) is 26.9 Å². The molecule has 3 heterocycles. The Balaban J connectivity index is 1.73. The highest BCUT2D eigenvalue weighted by Gasteiger charge is 2.24. The molecule has 1 unspecified atom stereocenters. The summed E-state index contributed by atoms with van der Waals surface area (Å²) in [6, 6.07) is 0.560. The van der Waals surface area contributed by atoms with Gasteiger partial charge < -0.3 is 14.7 Å². The number of carbonyl (C=O) groups excluding carboxylic acids is 1. The van der Waals surface area contributed by atoms with Crippen LogP contribution in [0.2, 0.25) is 0 Å². The molecule has 0 spiro atoms. The zero-order chi connectivity index (χ0) is 15.4. The molecular formula is C15H24N6O. The van der Waals surface area contributed by atoms with Gasteiger partial charge in [0, 0.05) is 38.8 Å². The van der Waals surface area contributed by atoms with Gasteiger partial charge in [-0.1, -0.05) is 6.92 Å². The lowest BCUT2D eigenvalue weighted by Gasteiger charge is -2.37. The Morgan fingerprint density at radius 3 is 2.77 bits per heavy atom. The zero-order valence-electron chi connectivity index (χ0n) is 13.2. The molecule has 7 nitrogen and oxygen atoms in total. The van der Waals surface area contributed by atoms with Crippen LogP contribution < -0.4 is 9.80 Å². The van der Waals surface area contributed by atoms with Gasteiger partial charge in [-0.05, 0) is 25.7 Å². The van der Waals surface area contributed by atoms with Gasteiger partial charge in [0.25, 0.3) is 0 Å². The van der Waals surface area contributed by atoms with E-state index in [1.54, 1.807) is 11.1 Å². The van der Waals surface area contributed by atoms with Gasteiger partial charge >= 0.3 is 0 Å². The molecule has 1 aromatic heterocycles. The van der Waals surface area contributed by atoms with E-state index in [9.17, 15) is 4.79 Å². The first-order valence-electron chi connectivity index (χ1n) is 8.22. The molecule has 1 amide bonds. The summed E-state index contributed by atoms with van der Waals surface area (Å²) in [6.45, 7) is 6.26. The summed E-state index contributed by atoms with van der Waals surface area (Å²) >= 11 is 0. The van der Waals surface area contributed by atoms with Crippen LogP contribution in [0.4, 0.5) is 11.8 Å². The third-order valence-corrected chi connectivity index (χ3v) is 4.67. The number of piperazine rings is 1. The Labute approximate surface area is 131 Å². The second-order valence-electron chi connectivity index (χ2n) is 5.99. The van der Waals surface area contributed by atoms with Crippen molar-refractivity contribution in [2.24, 2.45) is 0 Å². The SMILES string of the molecule is CCC1CCCCN1c1cnnc(N2CCN(C=O)CC2)n1. The Morgan fingerprint density at radius 1 is 1.23 bits per heavy atom. The van der Waals surface area contributed by atoms with Crippen LogP contribution in [0.3, 0.4) is 0 Å². The van der Waals surface area contributed by atoms with Crippen molar-refractivity contribution in [2.45, 2.75) is 38.6 Å². The van der Waals surface area contributed by atoms with Crippen molar-refractivity contribution < 1.29 is 4.79 Å². The van der Waals surface area contributed by atoms with Gasteiger partial charge in [0.1, 0.15) is 0 Å². The molecule has 7 heteroatoms. The van der Waals surface area contributed by atoms with Gasteiger partial charge in [0.05, 0.1) is 6.20 Å². The van der Waals surface area contributed by atoms with Gasteiger partial charge in [0.2, 0.25) is 12.4 Å². The minimum absolute atomic E-state index is 0.560. The quantitative estimate of drug-likeness (QED) is 0.771. The Bertz CT molecular complexity index is 503. The Hall–Kier alpha value is -1.92. The summed E-state index contributed by atoms with van der Waals surface area (Å²) in [5, 5.41) is 8.35. The van der Waals surface area contributed by atoms with E-state index in [1.165, 1.54) is 19.3 Å². The zero-order valence-corrected chi connectivity index (χ0v) is 13.2. The normalized spacial score (nSPS) is 22.8. The average Bonchev–Trinajstić information content (AvgIpc) is 2.62. The molecular weight excluding hydrogens is 280 g/mol. The van der Waals surface area contributed by atoms with Crippen LogP contribution in [0.15, 0.2) is 6.20 Å². The number of rotatable bonds is 4. The fourth-order valence-electron chi connectivity index (χ4n) is 3.31. The maximum Gasteiger partial charge on any atom is 0.247 e. The predicted molar refractivity (Wildman–Crippen MR) is 85.0 cm³/mol. The lowest BCUT2D eigenvalue weighted by atomic mass is 10.0. The van der Waals surface area contributed by atoms with Gasteiger partial charge in [-0.2, -0.15) is 10.1 Å². The number of carbonyl (C=O) groups is 1. The van der Waals surface area contributed by atoms with Gasteiger partial charge in [-0.15, -0.1) is 5.10 Å². The van der Waals surface area contributed by atoms with Crippen molar-refractivity contribution in [3.8, 4) is 0 Å². The number of nitrogens with zero attached hydrogens (tertiary/aromatic N) is 6. The second-order valence-corrected chi connectivity index (χ2v) is 5.99. The third-order valence-electron chi connectivity index (χ3n) is 4.67. The van der Waals surface area contributed by atoms with Crippen molar-refractivity contribution in [3.63, 3.8) is 0 Å². The summed E-state index contributed by atoms with van der Waals surface area (Å²) in [5.74, 6) is 1.62. The van der Waals surface area contributed by atoms with Crippen molar-refractivity contribution in [1.82, 2.24) is 20.1 Å². The number of anilines is 2. The molecule has 0 radical (unpaired) electrons. The molecule has 0 aromatic carbocycles. The molecule has 1 atom stereocenters. The molecule has 3 rings (SSSR count). The third kappa shape index (κ3) is 3.13. The van der Waals surface area contributed by atoms with Crippen molar-refractivity contribution in [3.05, 3.63) is 6.20 Å². The molecule has 2 fully saturated rings. The maximum atomic E-state index is 10.8. The van der Waals surface area contributed by atoms with E-state index in [1.807, 2.05) is 0 Å². The van der Waals surface area contributed by atoms with Crippen molar-refractivity contribution in [1.29, 1.82) is 0 Å². The van der Waals surface area contributed by atoms with Crippen molar-refractivity contribution in [2.75, 3.05) is 42.5 Å². The van der Waals surface area contributed by atoms with E-state index in [0.29, 0.717) is 12.0 Å². The van der Waals surface area contributed by atoms with E-state index in [-0.39, 0.29) is 0 Å². The lowest BCUT2D eigenvalue weighted by Crippen LogP contribution is -2.46. The van der Waals surface area contributed by atoms with Crippen LogP contribution in [0.5, 0.6) is 0 Å². The Morgan fingerprint density at radius 2 is 2.05 bits per heavy atom. The molecule has 2 aliphatic heterocycles. The van der Waals surface area contributed by atoms with Crippen LogP contribution in [-0.4, -0.2) is 65.3 Å². The summed E-state index contributed by atoms with van der Waals surface area (Å²) in [5.41, 5.74) is 0. The van der Waals surface area contributed by atoms with E-state index >= 15 is 0 Å². The summed E-state index contributed by atoms with van der Waals surface area (Å²) in [6.07, 6.45) is 7.57. The number of aromatic nitrogens is 3. The van der Waals surface area contributed by atoms with Crippen LogP contribution in [0.1, 0.15) is 32.6 Å². The molecule has 2 aliphatic rings. The minimum atomic E-state index is 0.560. The van der Waals surface area contributed by atoms with E-state index < -0.39 is 0 Å². The monoisotopic (exact) mass is 304 g/mol. The molecule has 0 bridgehead atoms. The number of piperidine rings is 1. The minimum Gasteiger partial charge on any atom is -0.352 e. The largest absolute Gasteiger partial charge is 0.352 e. The van der Waals surface area contributed by atoms with Gasteiger partial charge in [-0.25, -0.2) is 0 Å². The standard InChI is InChI=1S/C15H24N6O/c1-2-13-5-3-4-6-21(13)14-11-16-18-15(17-14)20-9-7-19(12-22)8-10-20/h11-13H,2-10H2,1H3. The predicted octanol–water partition coefficient (Wildman–Crippen LogP) is 0.919. The highest BCUT2D eigenvalue weighted by molar-refractivity contribution is 5.49. The van der Waals surface area contributed by atoms with Crippen LogP contribution in [-0.2, 0) is 4.79 Å². The second kappa shape index (κ2) is 6.89. The molecule has 2 saturated heterocycles. The van der Waals surface area contributed by atoms with Gasteiger partial charge in [-0.3, -0.25) is 4.79 Å². The fraction of sp³-hybridized carbons (Fsp3) is 0.733. The molecule has 0 saturated carbocycles. The highest BCUT2D eigenvalue weighted by Crippen LogP contribution is 2.25. The van der Waals surface area contributed by atoms with Crippen LogP contribution in [0.25, 0.3) is 0 Å². The first kappa shape index (κ1) is 15.0. The van der Waals surface area contributed by atoms with Crippen LogP contribution in [0, 0.1) is 0 Å². The highest BCUT2D eigenvalue weighted by atomic mass is 16.1. The Kier molecular flexibility index (Phi) is 4.70. The topological polar surface area (TPSA) is 65.5 Å². The maximum absolute atomic E-state index is 10.8. The molecule has 0 N–H and O–H groups in total. The average molecular weight is 304 g/mol. The molecule has 22 heavy (non-hydrogen) atoms. The first-order valence-corrected chi connectivity index (χ1v) is 8.22. The molecule has 0 aliphatic carbocycles. The van der Waals surface area contributed by atoms with Crippen molar-refractivity contribution >= 4 is 18.2 Å². The number of hydrogen-bond acceptors (Lipinski definition) is 6. The fourth-order valence-corrected chi connectivity index (χ4v) is 3.31. The summed E-state index contributed by atoms with van der Waals surface area (Å²) in [4.78, 5) is 21.8. The lowest BCUT2D eigenvalue weighted by molar-refractivity contribution is -0.118. The number of amides is 1. The smallest absolute Gasteiger partial charge is 0.247 e. The first-order chi connectivity index (χ1) is 10.8. The summed E-state index contributed by atoms with van der Waals surface area (Å²) in [7, 11) is 0. The van der Waals surface area contributed by atoms with E-state index in [0.717, 1.165) is 51.4 Å². The van der Waals surface area contributed by atoms with Gasteiger partial charge in [0.15, 0.2) is 5.82 Å².